The van der Waals surface area contributed by atoms with Crippen LogP contribution in [-0.2, 0) is 32.0 Å². The minimum Gasteiger partial charge on any atom is -0.458 e. The third kappa shape index (κ3) is 4.27. The predicted octanol–water partition coefficient (Wildman–Crippen LogP) is 3.82. The van der Waals surface area contributed by atoms with Crippen LogP contribution in [0.25, 0.3) is 0 Å². The lowest BCUT2D eigenvalue weighted by atomic mass is 9.90. The van der Waals surface area contributed by atoms with Crippen LogP contribution in [0, 0.1) is 0 Å². The highest BCUT2D eigenvalue weighted by atomic mass is 16.6. The van der Waals surface area contributed by atoms with Gasteiger partial charge in [0.1, 0.15) is 11.6 Å². The van der Waals surface area contributed by atoms with Crippen LogP contribution in [0.3, 0.4) is 0 Å². The molecule has 4 rings (SSSR count). The summed E-state index contributed by atoms with van der Waals surface area (Å²) in [5.74, 6) is -0.643. The number of nitrogens with zero attached hydrogens (tertiary/aromatic N) is 2. The Hall–Kier alpha value is -3.15. The zero-order chi connectivity index (χ0) is 23.0. The smallest absolute Gasteiger partial charge is 0.330 e. The number of benzene rings is 2. The van der Waals surface area contributed by atoms with E-state index in [1.54, 1.807) is 16.7 Å². The molecular formula is C26H30N2O4. The van der Waals surface area contributed by atoms with Crippen molar-refractivity contribution >= 4 is 23.5 Å². The average Bonchev–Trinajstić information content (AvgIpc) is 3.12. The number of amides is 2. The number of carbonyl (C=O) groups is 3. The zero-order valence-electron chi connectivity index (χ0n) is 19.1. The van der Waals surface area contributed by atoms with Crippen molar-refractivity contribution in [1.82, 2.24) is 4.90 Å². The fraction of sp³-hybridized carbons (Fsp3) is 0.423. The highest BCUT2D eigenvalue weighted by Crippen LogP contribution is 2.37. The molecule has 6 nitrogen and oxygen atoms in total. The number of rotatable bonds is 3. The number of hydrogen-bond acceptors (Lipinski definition) is 4. The van der Waals surface area contributed by atoms with Gasteiger partial charge in [0.2, 0.25) is 11.8 Å². The van der Waals surface area contributed by atoms with Gasteiger partial charge in [-0.1, -0.05) is 42.5 Å². The van der Waals surface area contributed by atoms with Crippen LogP contribution in [0.15, 0.2) is 48.5 Å². The fourth-order valence-corrected chi connectivity index (χ4v) is 4.77. The second kappa shape index (κ2) is 8.41. The van der Waals surface area contributed by atoms with Crippen molar-refractivity contribution in [3.05, 3.63) is 65.2 Å². The van der Waals surface area contributed by atoms with Gasteiger partial charge in [-0.3, -0.25) is 14.5 Å². The van der Waals surface area contributed by atoms with E-state index < -0.39 is 17.6 Å². The van der Waals surface area contributed by atoms with Gasteiger partial charge in [-0.2, -0.15) is 0 Å². The Morgan fingerprint density at radius 1 is 1.00 bits per heavy atom. The van der Waals surface area contributed by atoms with Crippen molar-refractivity contribution in [1.29, 1.82) is 0 Å². The standard InChI is InChI=1S/C26H30N2O4/c1-17(29)27-14-13-18-9-5-7-11-20(18)22(27)16-24(30)28-21-12-8-6-10-19(21)15-23(28)25(31)32-26(2,3)4/h5-12,22-23H,13-16H2,1-4H3/t22-,23-/m1/s1. The third-order valence-corrected chi connectivity index (χ3v) is 6.11. The highest BCUT2D eigenvalue weighted by Gasteiger charge is 2.42. The first-order chi connectivity index (χ1) is 15.2. The van der Waals surface area contributed by atoms with E-state index in [0.717, 1.165) is 28.8 Å². The first kappa shape index (κ1) is 22.1. The molecule has 0 fully saturated rings. The molecular weight excluding hydrogens is 404 g/mol. The SMILES string of the molecule is CC(=O)N1CCc2ccccc2[C@H]1CC(=O)N1c2ccccc2C[C@@H]1C(=O)OC(C)(C)C. The highest BCUT2D eigenvalue weighted by molar-refractivity contribution is 6.02. The summed E-state index contributed by atoms with van der Waals surface area (Å²) in [4.78, 5) is 42.5. The van der Waals surface area contributed by atoms with Crippen LogP contribution in [0.2, 0.25) is 0 Å². The van der Waals surface area contributed by atoms with E-state index >= 15 is 0 Å². The van der Waals surface area contributed by atoms with E-state index in [1.165, 1.54) is 0 Å². The van der Waals surface area contributed by atoms with E-state index in [0.29, 0.717) is 13.0 Å². The Morgan fingerprint density at radius 2 is 1.66 bits per heavy atom. The van der Waals surface area contributed by atoms with Crippen LogP contribution in [0.5, 0.6) is 0 Å². The lowest BCUT2D eigenvalue weighted by Crippen LogP contribution is -2.48. The molecule has 2 aliphatic heterocycles. The van der Waals surface area contributed by atoms with Crippen molar-refractivity contribution in [3.8, 4) is 0 Å². The number of hydrogen-bond donors (Lipinski definition) is 0. The van der Waals surface area contributed by atoms with Crippen molar-refractivity contribution in [2.24, 2.45) is 0 Å². The second-order valence-electron chi connectivity index (χ2n) is 9.53. The molecule has 0 radical (unpaired) electrons. The van der Waals surface area contributed by atoms with Crippen LogP contribution in [-0.4, -0.2) is 40.9 Å². The van der Waals surface area contributed by atoms with Crippen LogP contribution >= 0.6 is 0 Å². The normalized spacial score (nSPS) is 19.9. The molecule has 2 atom stereocenters. The zero-order valence-corrected chi connectivity index (χ0v) is 19.1. The molecule has 0 N–H and O–H groups in total. The number of esters is 1. The maximum Gasteiger partial charge on any atom is 0.330 e. The predicted molar refractivity (Wildman–Crippen MR) is 122 cm³/mol. The number of fused-ring (bicyclic) bond motifs is 2. The van der Waals surface area contributed by atoms with Gasteiger partial charge in [-0.05, 0) is 49.9 Å². The van der Waals surface area contributed by atoms with E-state index in [4.69, 9.17) is 4.74 Å². The summed E-state index contributed by atoms with van der Waals surface area (Å²) in [5.41, 5.74) is 3.21. The van der Waals surface area contributed by atoms with E-state index in [2.05, 4.69) is 6.07 Å². The first-order valence-electron chi connectivity index (χ1n) is 11.1. The van der Waals surface area contributed by atoms with Crippen molar-refractivity contribution in [2.75, 3.05) is 11.4 Å². The summed E-state index contributed by atoms with van der Waals surface area (Å²) < 4.78 is 5.64. The van der Waals surface area contributed by atoms with E-state index in [1.807, 2.05) is 63.2 Å². The Kier molecular flexibility index (Phi) is 5.80. The Bertz CT molecular complexity index is 1060. The number of ether oxygens (including phenoxy) is 1. The average molecular weight is 435 g/mol. The summed E-state index contributed by atoms with van der Waals surface area (Å²) in [5, 5.41) is 0. The maximum absolute atomic E-state index is 13.7. The van der Waals surface area contributed by atoms with E-state index in [9.17, 15) is 14.4 Å². The molecule has 0 bridgehead atoms. The molecule has 2 amide bonds. The van der Waals surface area contributed by atoms with Gasteiger partial charge in [0.15, 0.2) is 0 Å². The molecule has 0 saturated carbocycles. The van der Waals surface area contributed by atoms with Crippen molar-refractivity contribution in [3.63, 3.8) is 0 Å². The van der Waals surface area contributed by atoms with Gasteiger partial charge in [0.05, 0.1) is 12.5 Å². The summed E-state index contributed by atoms with van der Waals surface area (Å²) >= 11 is 0. The van der Waals surface area contributed by atoms with E-state index in [-0.39, 0.29) is 24.3 Å². The molecule has 6 heteroatoms. The molecule has 0 spiro atoms. The lowest BCUT2D eigenvalue weighted by molar-refractivity contribution is -0.157. The lowest BCUT2D eigenvalue weighted by Gasteiger charge is -2.37. The van der Waals surface area contributed by atoms with Gasteiger partial charge in [0, 0.05) is 25.6 Å². The molecule has 0 aliphatic carbocycles. The molecule has 0 unspecified atom stereocenters. The maximum atomic E-state index is 13.7. The summed E-state index contributed by atoms with van der Waals surface area (Å²) in [6.07, 6.45) is 1.31. The van der Waals surface area contributed by atoms with Gasteiger partial charge in [-0.15, -0.1) is 0 Å². The summed E-state index contributed by atoms with van der Waals surface area (Å²) in [7, 11) is 0. The van der Waals surface area contributed by atoms with Crippen LogP contribution in [0.4, 0.5) is 5.69 Å². The molecule has 2 heterocycles. The molecule has 2 aliphatic rings. The van der Waals surface area contributed by atoms with Gasteiger partial charge >= 0.3 is 5.97 Å². The third-order valence-electron chi connectivity index (χ3n) is 6.11. The van der Waals surface area contributed by atoms with Crippen LogP contribution < -0.4 is 4.90 Å². The van der Waals surface area contributed by atoms with Gasteiger partial charge in [0.25, 0.3) is 0 Å². The topological polar surface area (TPSA) is 66.9 Å². The monoisotopic (exact) mass is 434 g/mol. The number of para-hydroxylation sites is 1. The van der Waals surface area contributed by atoms with Gasteiger partial charge in [-0.25, -0.2) is 4.79 Å². The minimum atomic E-state index is -0.705. The molecule has 2 aromatic rings. The summed E-state index contributed by atoms with van der Waals surface area (Å²) in [6, 6.07) is 14.5. The first-order valence-corrected chi connectivity index (χ1v) is 11.1. The minimum absolute atomic E-state index is 0.0529. The van der Waals surface area contributed by atoms with Crippen LogP contribution in [0.1, 0.15) is 56.8 Å². The quantitative estimate of drug-likeness (QED) is 0.689. The molecule has 32 heavy (non-hydrogen) atoms. The molecule has 168 valence electrons. The molecule has 0 saturated heterocycles. The summed E-state index contributed by atoms with van der Waals surface area (Å²) in [6.45, 7) is 7.59. The second-order valence-corrected chi connectivity index (χ2v) is 9.53. The van der Waals surface area contributed by atoms with Crippen molar-refractivity contribution in [2.45, 2.75) is 64.6 Å². The Labute approximate surface area is 189 Å². The molecule has 2 aromatic carbocycles. The largest absolute Gasteiger partial charge is 0.458 e. The van der Waals surface area contributed by atoms with Crippen molar-refractivity contribution < 1.29 is 19.1 Å². The molecule has 0 aromatic heterocycles. The van der Waals surface area contributed by atoms with Gasteiger partial charge < -0.3 is 9.64 Å². The Morgan fingerprint density at radius 3 is 2.34 bits per heavy atom. The Balaban J connectivity index is 1.66. The fourth-order valence-electron chi connectivity index (χ4n) is 4.77. The number of carbonyl (C=O) groups excluding carboxylic acids is 3. The number of anilines is 1.